The minimum Gasteiger partial charge on any atom is -0.390 e. The van der Waals surface area contributed by atoms with Crippen LogP contribution in [0.4, 0.5) is 0 Å². The van der Waals surface area contributed by atoms with Gasteiger partial charge in [-0.05, 0) is 17.5 Å². The van der Waals surface area contributed by atoms with E-state index in [4.69, 9.17) is 0 Å². The molecule has 0 aromatic heterocycles. The van der Waals surface area contributed by atoms with E-state index in [2.05, 4.69) is 34.5 Å². The van der Waals surface area contributed by atoms with E-state index in [1.54, 1.807) is 0 Å². The SMILES string of the molecule is CC(C)C(=O)NCC(O)CN1CCc2ccccc2C1. The monoisotopic (exact) mass is 276 g/mol. The predicted molar refractivity (Wildman–Crippen MR) is 79.3 cm³/mol. The van der Waals surface area contributed by atoms with Gasteiger partial charge in [-0.25, -0.2) is 0 Å². The summed E-state index contributed by atoms with van der Waals surface area (Å²) in [5, 5.41) is 12.8. The van der Waals surface area contributed by atoms with E-state index in [-0.39, 0.29) is 11.8 Å². The van der Waals surface area contributed by atoms with Crippen LogP contribution in [0.15, 0.2) is 24.3 Å². The first-order chi connectivity index (χ1) is 9.56. The normalized spacial score (nSPS) is 16.8. The molecule has 1 atom stereocenters. The molecular weight excluding hydrogens is 252 g/mol. The van der Waals surface area contributed by atoms with Gasteiger partial charge in [-0.15, -0.1) is 0 Å². The molecule has 1 aliphatic heterocycles. The number of fused-ring (bicyclic) bond motifs is 1. The first-order valence-electron chi connectivity index (χ1n) is 7.31. The van der Waals surface area contributed by atoms with Crippen LogP contribution < -0.4 is 5.32 Å². The Bertz CT molecular complexity index is 460. The van der Waals surface area contributed by atoms with E-state index in [0.29, 0.717) is 13.1 Å². The fourth-order valence-electron chi connectivity index (χ4n) is 2.50. The molecule has 20 heavy (non-hydrogen) atoms. The van der Waals surface area contributed by atoms with Crippen molar-refractivity contribution in [2.45, 2.75) is 32.9 Å². The summed E-state index contributed by atoms with van der Waals surface area (Å²) >= 11 is 0. The number of nitrogens with one attached hydrogen (secondary N) is 1. The van der Waals surface area contributed by atoms with Crippen molar-refractivity contribution in [1.29, 1.82) is 0 Å². The lowest BCUT2D eigenvalue weighted by molar-refractivity contribution is -0.124. The second kappa shape index (κ2) is 6.86. The number of amides is 1. The third-order valence-electron chi connectivity index (χ3n) is 3.71. The Balaban J connectivity index is 1.79. The Kier molecular flexibility index (Phi) is 5.15. The van der Waals surface area contributed by atoms with Crippen LogP contribution in [0.5, 0.6) is 0 Å². The number of nitrogens with zero attached hydrogens (tertiary/aromatic N) is 1. The minimum atomic E-state index is -0.511. The van der Waals surface area contributed by atoms with Gasteiger partial charge in [0.1, 0.15) is 0 Å². The van der Waals surface area contributed by atoms with E-state index >= 15 is 0 Å². The summed E-state index contributed by atoms with van der Waals surface area (Å²) in [7, 11) is 0. The highest BCUT2D eigenvalue weighted by Gasteiger charge is 2.18. The van der Waals surface area contributed by atoms with Crippen molar-refractivity contribution in [3.63, 3.8) is 0 Å². The number of rotatable bonds is 5. The molecule has 0 saturated carbocycles. The molecule has 1 aromatic carbocycles. The molecule has 0 bridgehead atoms. The molecule has 1 amide bonds. The molecule has 4 nitrogen and oxygen atoms in total. The highest BCUT2D eigenvalue weighted by atomic mass is 16.3. The number of aliphatic hydroxyl groups is 1. The van der Waals surface area contributed by atoms with Crippen molar-refractivity contribution in [2.75, 3.05) is 19.6 Å². The van der Waals surface area contributed by atoms with E-state index in [0.717, 1.165) is 19.5 Å². The Morgan fingerprint density at radius 1 is 1.35 bits per heavy atom. The molecule has 0 radical (unpaired) electrons. The predicted octanol–water partition coefficient (Wildman–Crippen LogP) is 1.18. The molecule has 2 rings (SSSR count). The van der Waals surface area contributed by atoms with Gasteiger partial charge >= 0.3 is 0 Å². The van der Waals surface area contributed by atoms with Crippen LogP contribution in [-0.4, -0.2) is 41.7 Å². The van der Waals surface area contributed by atoms with Crippen molar-refractivity contribution in [2.24, 2.45) is 5.92 Å². The van der Waals surface area contributed by atoms with Crippen LogP contribution in [0.1, 0.15) is 25.0 Å². The average molecular weight is 276 g/mol. The van der Waals surface area contributed by atoms with Crippen LogP contribution in [0.3, 0.4) is 0 Å². The summed E-state index contributed by atoms with van der Waals surface area (Å²) in [6, 6.07) is 8.45. The highest BCUT2D eigenvalue weighted by molar-refractivity contribution is 5.77. The van der Waals surface area contributed by atoms with Gasteiger partial charge in [0.2, 0.25) is 5.91 Å². The second-order valence-corrected chi connectivity index (χ2v) is 5.81. The van der Waals surface area contributed by atoms with Gasteiger partial charge in [0.15, 0.2) is 0 Å². The third kappa shape index (κ3) is 4.05. The molecule has 1 heterocycles. The van der Waals surface area contributed by atoms with Crippen LogP contribution in [0, 0.1) is 5.92 Å². The van der Waals surface area contributed by atoms with Gasteiger partial charge < -0.3 is 10.4 Å². The zero-order chi connectivity index (χ0) is 14.5. The number of β-amino-alcohol motifs (C(OH)–C–C–N with tert-alkyl or cyclic N) is 1. The molecule has 0 saturated heterocycles. The number of aliphatic hydroxyl groups excluding tert-OH is 1. The van der Waals surface area contributed by atoms with Crippen LogP contribution in [-0.2, 0) is 17.8 Å². The smallest absolute Gasteiger partial charge is 0.222 e. The van der Waals surface area contributed by atoms with Crippen molar-refractivity contribution in [3.05, 3.63) is 35.4 Å². The summed E-state index contributed by atoms with van der Waals surface area (Å²) < 4.78 is 0. The highest BCUT2D eigenvalue weighted by Crippen LogP contribution is 2.18. The fraction of sp³-hybridized carbons (Fsp3) is 0.562. The topological polar surface area (TPSA) is 52.6 Å². The molecular formula is C16H24N2O2. The Morgan fingerprint density at radius 3 is 2.75 bits per heavy atom. The first kappa shape index (κ1) is 15.0. The largest absolute Gasteiger partial charge is 0.390 e. The summed E-state index contributed by atoms with van der Waals surface area (Å²) in [5.41, 5.74) is 2.75. The number of carbonyl (C=O) groups excluding carboxylic acids is 1. The van der Waals surface area contributed by atoms with E-state index in [1.165, 1.54) is 11.1 Å². The summed E-state index contributed by atoms with van der Waals surface area (Å²) in [5.74, 6) is -0.0443. The lowest BCUT2D eigenvalue weighted by Gasteiger charge is -2.30. The lowest BCUT2D eigenvalue weighted by atomic mass is 10.00. The third-order valence-corrected chi connectivity index (χ3v) is 3.71. The van der Waals surface area contributed by atoms with Gasteiger partial charge in [0, 0.05) is 32.1 Å². The first-order valence-corrected chi connectivity index (χ1v) is 7.31. The van der Waals surface area contributed by atoms with Crippen molar-refractivity contribution >= 4 is 5.91 Å². The van der Waals surface area contributed by atoms with Crippen LogP contribution in [0.2, 0.25) is 0 Å². The Morgan fingerprint density at radius 2 is 2.05 bits per heavy atom. The van der Waals surface area contributed by atoms with Gasteiger partial charge in [-0.2, -0.15) is 0 Å². The maximum Gasteiger partial charge on any atom is 0.222 e. The van der Waals surface area contributed by atoms with Gasteiger partial charge in [-0.3, -0.25) is 9.69 Å². The van der Waals surface area contributed by atoms with Crippen LogP contribution >= 0.6 is 0 Å². The maximum absolute atomic E-state index is 11.5. The van der Waals surface area contributed by atoms with E-state index < -0.39 is 6.10 Å². The Hall–Kier alpha value is -1.39. The molecule has 2 N–H and O–H groups in total. The summed E-state index contributed by atoms with van der Waals surface area (Å²) in [6.45, 7) is 6.48. The molecule has 1 aliphatic rings. The zero-order valence-electron chi connectivity index (χ0n) is 12.3. The molecule has 0 spiro atoms. The number of carbonyl (C=O) groups is 1. The quantitative estimate of drug-likeness (QED) is 0.849. The van der Waals surface area contributed by atoms with Gasteiger partial charge in [-0.1, -0.05) is 38.1 Å². The maximum atomic E-state index is 11.5. The molecule has 0 aliphatic carbocycles. The molecule has 1 unspecified atom stereocenters. The fourth-order valence-corrected chi connectivity index (χ4v) is 2.50. The standard InChI is InChI=1S/C16H24N2O2/c1-12(2)16(20)17-9-15(19)11-18-8-7-13-5-3-4-6-14(13)10-18/h3-6,12,15,19H,7-11H2,1-2H3,(H,17,20). The Labute approximate surface area is 120 Å². The van der Waals surface area contributed by atoms with E-state index in [9.17, 15) is 9.90 Å². The second-order valence-electron chi connectivity index (χ2n) is 5.81. The minimum absolute atomic E-state index is 0.00644. The van der Waals surface area contributed by atoms with Crippen LogP contribution in [0.25, 0.3) is 0 Å². The van der Waals surface area contributed by atoms with Crippen molar-refractivity contribution in [1.82, 2.24) is 10.2 Å². The molecule has 1 aromatic rings. The number of hydrogen-bond acceptors (Lipinski definition) is 3. The van der Waals surface area contributed by atoms with Crippen molar-refractivity contribution in [3.8, 4) is 0 Å². The average Bonchev–Trinajstić information content (AvgIpc) is 2.44. The summed E-state index contributed by atoms with van der Waals surface area (Å²) in [6.07, 6.45) is 0.518. The lowest BCUT2D eigenvalue weighted by Crippen LogP contribution is -2.42. The van der Waals surface area contributed by atoms with Crippen molar-refractivity contribution < 1.29 is 9.90 Å². The van der Waals surface area contributed by atoms with Gasteiger partial charge in [0.05, 0.1) is 6.10 Å². The summed E-state index contributed by atoms with van der Waals surface area (Å²) in [4.78, 5) is 13.7. The van der Waals surface area contributed by atoms with E-state index in [1.807, 2.05) is 13.8 Å². The number of hydrogen-bond donors (Lipinski definition) is 2. The molecule has 110 valence electrons. The number of benzene rings is 1. The van der Waals surface area contributed by atoms with Gasteiger partial charge in [0.25, 0.3) is 0 Å². The molecule has 4 heteroatoms. The zero-order valence-corrected chi connectivity index (χ0v) is 12.3. The molecule has 0 fully saturated rings.